The summed E-state index contributed by atoms with van der Waals surface area (Å²) >= 11 is 0. The molecule has 0 radical (unpaired) electrons. The average molecular weight is 195 g/mol. The van der Waals surface area contributed by atoms with Gasteiger partial charge in [0.25, 0.3) is 0 Å². The van der Waals surface area contributed by atoms with Crippen LogP contribution in [0.1, 0.15) is 33.1 Å². The van der Waals surface area contributed by atoms with Gasteiger partial charge in [-0.1, -0.05) is 20.3 Å². The number of nitrogens with zero attached hydrogens (tertiary/aromatic N) is 1. The van der Waals surface area contributed by atoms with Crippen LogP contribution in [0.25, 0.3) is 0 Å². The van der Waals surface area contributed by atoms with E-state index in [9.17, 15) is 0 Å². The van der Waals surface area contributed by atoms with Crippen molar-refractivity contribution in [2.24, 2.45) is 0 Å². The minimum absolute atomic E-state index is 0.736. The molecule has 0 aliphatic carbocycles. The molecule has 2 heteroatoms. The van der Waals surface area contributed by atoms with Crippen LogP contribution >= 0.6 is 0 Å². The summed E-state index contributed by atoms with van der Waals surface area (Å²) in [4.78, 5) is 2.44. The van der Waals surface area contributed by atoms with Crippen LogP contribution in [0.2, 0.25) is 0 Å². The highest BCUT2D eigenvalue weighted by molar-refractivity contribution is 5.14. The van der Waals surface area contributed by atoms with Crippen molar-refractivity contribution in [3.8, 4) is 0 Å². The van der Waals surface area contributed by atoms with Gasteiger partial charge in [0.05, 0.1) is 12.0 Å². The Balaban J connectivity index is 2.47. The Labute approximate surface area is 87.2 Å². The molecular weight excluding hydrogens is 174 g/mol. The first-order valence-electron chi connectivity index (χ1n) is 5.60. The molecule has 0 unspecified atom stereocenters. The van der Waals surface area contributed by atoms with E-state index in [-0.39, 0.29) is 0 Å². The molecule has 1 heterocycles. The fourth-order valence-corrected chi connectivity index (χ4v) is 1.60. The van der Waals surface area contributed by atoms with E-state index in [1.807, 2.05) is 6.08 Å². The van der Waals surface area contributed by atoms with E-state index in [0.29, 0.717) is 0 Å². The zero-order valence-electron chi connectivity index (χ0n) is 9.33. The molecule has 2 nitrogen and oxygen atoms in total. The highest BCUT2D eigenvalue weighted by Crippen LogP contribution is 2.11. The summed E-state index contributed by atoms with van der Waals surface area (Å²) in [6.45, 7) is 7.49. The third-order valence-electron chi connectivity index (χ3n) is 2.38. The Morgan fingerprint density at radius 2 is 2.14 bits per heavy atom. The summed E-state index contributed by atoms with van der Waals surface area (Å²) in [5.41, 5.74) is 1.32. The molecule has 1 aliphatic heterocycles. The molecule has 0 saturated carbocycles. The van der Waals surface area contributed by atoms with Gasteiger partial charge in [-0.15, -0.1) is 0 Å². The molecule has 0 aromatic rings. The maximum Gasteiger partial charge on any atom is 0.127 e. The second-order valence-corrected chi connectivity index (χ2v) is 3.64. The molecule has 1 aliphatic rings. The molecule has 0 spiro atoms. The lowest BCUT2D eigenvalue weighted by atomic mass is 10.2. The van der Waals surface area contributed by atoms with Crippen LogP contribution in [0.4, 0.5) is 0 Å². The quantitative estimate of drug-likeness (QED) is 0.646. The number of hydrogen-bond acceptors (Lipinski definition) is 2. The summed E-state index contributed by atoms with van der Waals surface area (Å²) in [5, 5.41) is 0. The van der Waals surface area contributed by atoms with Gasteiger partial charge in [0.2, 0.25) is 0 Å². The highest BCUT2D eigenvalue weighted by Gasteiger charge is 2.09. The van der Waals surface area contributed by atoms with Crippen molar-refractivity contribution in [3.05, 3.63) is 24.1 Å². The molecule has 0 saturated heterocycles. The van der Waals surface area contributed by atoms with Crippen molar-refractivity contribution >= 4 is 0 Å². The number of hydrogen-bond donors (Lipinski definition) is 0. The second-order valence-electron chi connectivity index (χ2n) is 3.64. The normalized spacial score (nSPS) is 14.9. The lowest BCUT2D eigenvalue weighted by Gasteiger charge is -2.27. The van der Waals surface area contributed by atoms with E-state index < -0.39 is 0 Å². The van der Waals surface area contributed by atoms with Crippen LogP contribution in [0.15, 0.2) is 24.1 Å². The van der Waals surface area contributed by atoms with E-state index in [1.54, 1.807) is 6.26 Å². The predicted octanol–water partition coefficient (Wildman–Crippen LogP) is 2.93. The molecule has 0 bridgehead atoms. The van der Waals surface area contributed by atoms with Crippen LogP contribution < -0.4 is 0 Å². The monoisotopic (exact) mass is 195 g/mol. The fourth-order valence-electron chi connectivity index (χ4n) is 1.60. The third-order valence-corrected chi connectivity index (χ3v) is 2.38. The lowest BCUT2D eigenvalue weighted by molar-refractivity contribution is 0.218. The first-order chi connectivity index (χ1) is 6.88. The van der Waals surface area contributed by atoms with E-state index in [2.05, 4.69) is 24.8 Å². The average Bonchev–Trinajstić information content (AvgIpc) is 2.25. The standard InChI is InChI=1S/C12H21NO/c1-3-5-9-13(8-4-2)12-7-6-10-14-11-12/h6-7,10H,3-5,8-9,11H2,1-2H3. The highest BCUT2D eigenvalue weighted by atomic mass is 16.5. The van der Waals surface area contributed by atoms with E-state index in [4.69, 9.17) is 4.74 Å². The molecule has 0 N–H and O–H groups in total. The van der Waals surface area contributed by atoms with Gasteiger partial charge in [-0.3, -0.25) is 0 Å². The molecule has 1 rings (SSSR count). The summed E-state index contributed by atoms with van der Waals surface area (Å²) in [6, 6.07) is 0. The largest absolute Gasteiger partial charge is 0.495 e. The minimum Gasteiger partial charge on any atom is -0.495 e. The molecule has 0 atom stereocenters. The molecular formula is C12H21NO. The molecule has 14 heavy (non-hydrogen) atoms. The van der Waals surface area contributed by atoms with Crippen LogP contribution in [0.5, 0.6) is 0 Å². The SMILES string of the molecule is CCCCN(CCC)C1=CC=COC1. The first kappa shape index (κ1) is 11.2. The van der Waals surface area contributed by atoms with Gasteiger partial charge in [-0.05, 0) is 25.0 Å². The van der Waals surface area contributed by atoms with Crippen LogP contribution in [-0.2, 0) is 4.74 Å². The van der Waals surface area contributed by atoms with Crippen LogP contribution in [0, 0.1) is 0 Å². The Hall–Kier alpha value is -0.920. The van der Waals surface area contributed by atoms with Crippen molar-refractivity contribution in [2.45, 2.75) is 33.1 Å². The zero-order chi connectivity index (χ0) is 10.2. The fraction of sp³-hybridized carbons (Fsp3) is 0.667. The van der Waals surface area contributed by atoms with Gasteiger partial charge in [0.1, 0.15) is 6.61 Å². The van der Waals surface area contributed by atoms with Gasteiger partial charge in [0, 0.05) is 13.1 Å². The summed E-state index contributed by atoms with van der Waals surface area (Å²) in [6.07, 6.45) is 9.62. The topological polar surface area (TPSA) is 12.5 Å². The van der Waals surface area contributed by atoms with E-state index in [1.165, 1.54) is 25.0 Å². The van der Waals surface area contributed by atoms with Gasteiger partial charge in [-0.2, -0.15) is 0 Å². The van der Waals surface area contributed by atoms with Crippen LogP contribution in [0.3, 0.4) is 0 Å². The van der Waals surface area contributed by atoms with Gasteiger partial charge < -0.3 is 9.64 Å². The Kier molecular flexibility index (Phi) is 5.20. The second kappa shape index (κ2) is 6.52. The van der Waals surface area contributed by atoms with Gasteiger partial charge in [0.15, 0.2) is 0 Å². The molecule has 0 amide bonds. The molecule has 80 valence electrons. The number of unbranched alkanes of at least 4 members (excludes halogenated alkanes) is 1. The number of ether oxygens (including phenoxy) is 1. The molecule has 0 fully saturated rings. The minimum atomic E-state index is 0.736. The zero-order valence-corrected chi connectivity index (χ0v) is 9.33. The molecule has 0 aromatic heterocycles. The van der Waals surface area contributed by atoms with E-state index in [0.717, 1.165) is 19.7 Å². The summed E-state index contributed by atoms with van der Waals surface area (Å²) in [5.74, 6) is 0. The Morgan fingerprint density at radius 3 is 2.71 bits per heavy atom. The number of rotatable bonds is 6. The third kappa shape index (κ3) is 3.44. The van der Waals surface area contributed by atoms with E-state index >= 15 is 0 Å². The smallest absolute Gasteiger partial charge is 0.127 e. The number of allylic oxidation sites excluding steroid dienone is 2. The lowest BCUT2D eigenvalue weighted by Crippen LogP contribution is -2.27. The van der Waals surface area contributed by atoms with Gasteiger partial charge in [-0.25, -0.2) is 0 Å². The van der Waals surface area contributed by atoms with Crippen molar-refractivity contribution in [2.75, 3.05) is 19.7 Å². The van der Waals surface area contributed by atoms with Crippen molar-refractivity contribution in [3.63, 3.8) is 0 Å². The van der Waals surface area contributed by atoms with Crippen molar-refractivity contribution in [1.82, 2.24) is 4.90 Å². The Bertz CT molecular complexity index is 208. The van der Waals surface area contributed by atoms with Crippen molar-refractivity contribution in [1.29, 1.82) is 0 Å². The summed E-state index contributed by atoms with van der Waals surface area (Å²) in [7, 11) is 0. The van der Waals surface area contributed by atoms with Gasteiger partial charge >= 0.3 is 0 Å². The maximum absolute atomic E-state index is 5.30. The first-order valence-corrected chi connectivity index (χ1v) is 5.60. The maximum atomic E-state index is 5.30. The predicted molar refractivity (Wildman–Crippen MR) is 59.9 cm³/mol. The van der Waals surface area contributed by atoms with Crippen molar-refractivity contribution < 1.29 is 4.74 Å². The molecule has 0 aromatic carbocycles. The summed E-state index contributed by atoms with van der Waals surface area (Å²) < 4.78 is 5.30. The van der Waals surface area contributed by atoms with Crippen LogP contribution in [-0.4, -0.2) is 24.6 Å². The Morgan fingerprint density at radius 1 is 1.29 bits per heavy atom.